The molecule has 2 aromatic heterocycles. The molecule has 190 valence electrons. The first-order valence-corrected chi connectivity index (χ1v) is 13.5. The molecular formula is C26H27N7O3S. The zero-order valence-corrected chi connectivity index (χ0v) is 21.3. The highest BCUT2D eigenvalue weighted by atomic mass is 32.2. The molecule has 37 heavy (non-hydrogen) atoms. The van der Waals surface area contributed by atoms with Crippen LogP contribution in [0.25, 0.3) is 33.5 Å². The predicted molar refractivity (Wildman–Crippen MR) is 145 cm³/mol. The maximum atomic E-state index is 12.9. The number of nitrogens with zero attached hydrogens (tertiary/aromatic N) is 4. The summed E-state index contributed by atoms with van der Waals surface area (Å²) in [5, 5.41) is 8.25. The molecule has 1 aliphatic heterocycles. The lowest BCUT2D eigenvalue weighted by atomic mass is 10.2. The van der Waals surface area contributed by atoms with Crippen LogP contribution < -0.4 is 14.4 Å². The van der Waals surface area contributed by atoms with E-state index in [1.165, 1.54) is 19.2 Å². The van der Waals surface area contributed by atoms with Crippen LogP contribution in [0.1, 0.15) is 0 Å². The molecule has 0 unspecified atom stereocenters. The van der Waals surface area contributed by atoms with E-state index in [9.17, 15) is 8.42 Å². The van der Waals surface area contributed by atoms with Crippen molar-refractivity contribution >= 4 is 43.3 Å². The Hall–Kier alpha value is -4.09. The van der Waals surface area contributed by atoms with E-state index in [2.05, 4.69) is 48.9 Å². The fraction of sp³-hybridized carbons (Fsp3) is 0.231. The van der Waals surface area contributed by atoms with Gasteiger partial charge < -0.3 is 19.5 Å². The Kier molecular flexibility index (Phi) is 5.73. The first kappa shape index (κ1) is 23.3. The van der Waals surface area contributed by atoms with Crippen LogP contribution in [-0.4, -0.2) is 73.8 Å². The number of likely N-dealkylation sites (N-methyl/N-ethyl adjacent to an activating group) is 1. The van der Waals surface area contributed by atoms with Crippen LogP contribution >= 0.6 is 0 Å². The van der Waals surface area contributed by atoms with E-state index in [1.807, 2.05) is 6.07 Å². The molecule has 0 saturated carbocycles. The fourth-order valence-electron chi connectivity index (χ4n) is 4.60. The van der Waals surface area contributed by atoms with Gasteiger partial charge in [-0.15, -0.1) is 0 Å². The quantitative estimate of drug-likeness (QED) is 0.314. The average Bonchev–Trinajstić information content (AvgIpc) is 3.52. The number of methoxy groups -OCH3 is 1. The van der Waals surface area contributed by atoms with Crippen molar-refractivity contribution in [2.45, 2.75) is 4.90 Å². The molecule has 10 nitrogen and oxygen atoms in total. The van der Waals surface area contributed by atoms with E-state index < -0.39 is 10.0 Å². The monoisotopic (exact) mass is 517 g/mol. The Bertz CT molecular complexity index is 1680. The molecule has 5 aromatic rings. The molecule has 6 rings (SSSR count). The van der Waals surface area contributed by atoms with Crippen LogP contribution in [0.15, 0.2) is 65.6 Å². The second-order valence-corrected chi connectivity index (χ2v) is 10.9. The Morgan fingerprint density at radius 3 is 2.49 bits per heavy atom. The van der Waals surface area contributed by atoms with Gasteiger partial charge in [-0.25, -0.2) is 13.4 Å². The maximum Gasteiger partial charge on any atom is 0.261 e. The van der Waals surface area contributed by atoms with Gasteiger partial charge >= 0.3 is 0 Å². The van der Waals surface area contributed by atoms with Gasteiger partial charge in [-0.05, 0) is 67.7 Å². The van der Waals surface area contributed by atoms with Crippen molar-refractivity contribution in [1.82, 2.24) is 25.1 Å². The van der Waals surface area contributed by atoms with E-state index in [4.69, 9.17) is 9.72 Å². The Morgan fingerprint density at radius 1 is 0.946 bits per heavy atom. The number of anilines is 2. The highest BCUT2D eigenvalue weighted by Crippen LogP contribution is 2.30. The third-order valence-corrected chi connectivity index (χ3v) is 8.14. The summed E-state index contributed by atoms with van der Waals surface area (Å²) in [5.74, 6) is 1.21. The average molecular weight is 518 g/mol. The number of imidazole rings is 1. The molecule has 0 spiro atoms. The summed E-state index contributed by atoms with van der Waals surface area (Å²) in [5.41, 5.74) is 4.77. The highest BCUT2D eigenvalue weighted by molar-refractivity contribution is 7.92. The summed E-state index contributed by atoms with van der Waals surface area (Å²) < 4.78 is 33.6. The van der Waals surface area contributed by atoms with Gasteiger partial charge in [0.15, 0.2) is 5.82 Å². The van der Waals surface area contributed by atoms with Gasteiger partial charge in [0, 0.05) is 42.9 Å². The molecule has 3 aromatic carbocycles. The SMILES string of the molecule is COc1ccc(S(=O)(=O)Nc2ccc3[nH]nc(-c4nc5ccc(N6CCN(C)CC6)cc5[nH]4)c3c2)cc1. The summed E-state index contributed by atoms with van der Waals surface area (Å²) >= 11 is 0. The first-order chi connectivity index (χ1) is 17.9. The molecule has 0 amide bonds. The van der Waals surface area contributed by atoms with Gasteiger partial charge in [-0.2, -0.15) is 5.10 Å². The van der Waals surface area contributed by atoms with Crippen molar-refractivity contribution in [2.24, 2.45) is 0 Å². The van der Waals surface area contributed by atoms with Crippen molar-refractivity contribution in [3.8, 4) is 17.3 Å². The molecule has 3 heterocycles. The normalized spacial score (nSPS) is 14.9. The van der Waals surface area contributed by atoms with Crippen LogP contribution in [0.4, 0.5) is 11.4 Å². The number of rotatable bonds is 6. The van der Waals surface area contributed by atoms with Crippen LogP contribution in [0.2, 0.25) is 0 Å². The number of hydrogen-bond acceptors (Lipinski definition) is 7. The van der Waals surface area contributed by atoms with E-state index in [0.29, 0.717) is 23.0 Å². The van der Waals surface area contributed by atoms with Crippen LogP contribution in [0.3, 0.4) is 0 Å². The topological polar surface area (TPSA) is 119 Å². The lowest BCUT2D eigenvalue weighted by Gasteiger charge is -2.34. The number of nitrogens with one attached hydrogen (secondary N) is 3. The van der Waals surface area contributed by atoms with Gasteiger partial charge in [-0.1, -0.05) is 0 Å². The molecule has 1 aliphatic rings. The summed E-state index contributed by atoms with van der Waals surface area (Å²) in [6.45, 7) is 4.05. The zero-order valence-electron chi connectivity index (χ0n) is 20.5. The van der Waals surface area contributed by atoms with Gasteiger partial charge in [0.2, 0.25) is 0 Å². The second kappa shape index (κ2) is 9.09. The Balaban J connectivity index is 1.30. The Labute approximate surface area is 214 Å². The number of sulfonamides is 1. The molecule has 0 atom stereocenters. The molecule has 0 bridgehead atoms. The van der Waals surface area contributed by atoms with E-state index in [-0.39, 0.29) is 4.90 Å². The minimum atomic E-state index is -3.77. The molecule has 1 fully saturated rings. The number of aromatic amines is 2. The number of benzene rings is 3. The minimum Gasteiger partial charge on any atom is -0.497 e. The van der Waals surface area contributed by atoms with E-state index >= 15 is 0 Å². The lowest BCUT2D eigenvalue weighted by Crippen LogP contribution is -2.44. The van der Waals surface area contributed by atoms with E-state index in [1.54, 1.807) is 30.3 Å². The summed E-state index contributed by atoms with van der Waals surface area (Å²) in [7, 11) is -0.0944. The van der Waals surface area contributed by atoms with Crippen molar-refractivity contribution in [3.63, 3.8) is 0 Å². The van der Waals surface area contributed by atoms with E-state index in [0.717, 1.165) is 53.8 Å². The second-order valence-electron chi connectivity index (χ2n) is 9.19. The smallest absolute Gasteiger partial charge is 0.261 e. The zero-order chi connectivity index (χ0) is 25.6. The predicted octanol–water partition coefficient (Wildman–Crippen LogP) is 3.67. The third-order valence-electron chi connectivity index (χ3n) is 6.74. The summed E-state index contributed by atoms with van der Waals surface area (Å²) in [6.07, 6.45) is 0. The lowest BCUT2D eigenvalue weighted by molar-refractivity contribution is 0.313. The molecule has 1 saturated heterocycles. The maximum absolute atomic E-state index is 12.9. The number of aromatic nitrogens is 4. The molecule has 3 N–H and O–H groups in total. The number of H-pyrrole nitrogens is 2. The van der Waals surface area contributed by atoms with Crippen molar-refractivity contribution in [2.75, 3.05) is 50.0 Å². The van der Waals surface area contributed by atoms with Crippen molar-refractivity contribution in [1.29, 1.82) is 0 Å². The number of piperazine rings is 1. The third kappa shape index (κ3) is 4.47. The van der Waals surface area contributed by atoms with Crippen LogP contribution in [0.5, 0.6) is 5.75 Å². The number of fused-ring (bicyclic) bond motifs is 2. The van der Waals surface area contributed by atoms with Gasteiger partial charge in [0.1, 0.15) is 11.4 Å². The van der Waals surface area contributed by atoms with Gasteiger partial charge in [0.05, 0.1) is 28.6 Å². The van der Waals surface area contributed by atoms with Crippen LogP contribution in [-0.2, 0) is 10.0 Å². The van der Waals surface area contributed by atoms with Crippen LogP contribution in [0, 0.1) is 0 Å². The number of hydrogen-bond donors (Lipinski definition) is 3. The van der Waals surface area contributed by atoms with Gasteiger partial charge in [0.25, 0.3) is 10.0 Å². The fourth-order valence-corrected chi connectivity index (χ4v) is 5.65. The molecular weight excluding hydrogens is 490 g/mol. The largest absolute Gasteiger partial charge is 0.497 e. The standard InChI is InChI=1S/C26H27N7O3S/c1-32-11-13-33(14-12-32)18-4-10-23-24(16-18)28-26(27-23)25-21-15-17(3-9-22(21)29-30-25)31-37(34,35)20-7-5-19(36-2)6-8-20/h3-10,15-16,31H,11-14H2,1-2H3,(H,27,28)(H,29,30). The molecule has 0 radical (unpaired) electrons. The highest BCUT2D eigenvalue weighted by Gasteiger charge is 2.19. The molecule has 11 heteroatoms. The minimum absolute atomic E-state index is 0.147. The van der Waals surface area contributed by atoms with Gasteiger partial charge in [-0.3, -0.25) is 9.82 Å². The summed E-state index contributed by atoms with van der Waals surface area (Å²) in [4.78, 5) is 13.0. The number of ether oxygens (including phenoxy) is 1. The van der Waals surface area contributed by atoms with Crippen molar-refractivity contribution in [3.05, 3.63) is 60.7 Å². The molecule has 0 aliphatic carbocycles. The van der Waals surface area contributed by atoms with Crippen molar-refractivity contribution < 1.29 is 13.2 Å². The summed E-state index contributed by atoms with van der Waals surface area (Å²) in [6, 6.07) is 17.8. The first-order valence-electron chi connectivity index (χ1n) is 12.0. The Morgan fingerprint density at radius 2 is 1.73 bits per heavy atom.